The molecule has 0 amide bonds. The van der Waals surface area contributed by atoms with E-state index in [2.05, 4.69) is 41.1 Å². The molecular formula is C8H18BrNS. The Labute approximate surface area is 83.0 Å². The van der Waals surface area contributed by atoms with Crippen LogP contribution in [0.4, 0.5) is 0 Å². The van der Waals surface area contributed by atoms with Crippen LogP contribution in [0.2, 0.25) is 0 Å². The van der Waals surface area contributed by atoms with Gasteiger partial charge in [-0.15, -0.1) is 0 Å². The highest BCUT2D eigenvalue weighted by molar-refractivity contribution is 9.09. The molecule has 0 fully saturated rings. The minimum Gasteiger partial charge on any atom is -0.303 e. The van der Waals surface area contributed by atoms with Gasteiger partial charge >= 0.3 is 0 Å². The van der Waals surface area contributed by atoms with Gasteiger partial charge in [0, 0.05) is 11.4 Å². The van der Waals surface area contributed by atoms with Crippen molar-refractivity contribution in [2.45, 2.75) is 19.4 Å². The quantitative estimate of drug-likeness (QED) is 0.518. The minimum atomic E-state index is 0.664. The number of nitrogens with zero attached hydrogens (tertiary/aromatic N) is 1. The fraction of sp³-hybridized carbons (Fsp3) is 1.00. The highest BCUT2D eigenvalue weighted by Crippen LogP contribution is 2.02. The first-order chi connectivity index (χ1) is 5.22. The van der Waals surface area contributed by atoms with E-state index in [-0.39, 0.29) is 0 Å². The number of rotatable bonds is 6. The average Bonchev–Trinajstić information content (AvgIpc) is 2.03. The smallest absolute Gasteiger partial charge is 0.0185 e. The summed E-state index contributed by atoms with van der Waals surface area (Å²) in [7, 11) is 2.19. The largest absolute Gasteiger partial charge is 0.303 e. The van der Waals surface area contributed by atoms with Gasteiger partial charge in [0.15, 0.2) is 0 Å². The molecule has 0 aliphatic carbocycles. The molecule has 0 aromatic heterocycles. The number of hydrogen-bond acceptors (Lipinski definition) is 2. The molecule has 0 aliphatic heterocycles. The Balaban J connectivity index is 3.28. The molecule has 0 aromatic rings. The van der Waals surface area contributed by atoms with Crippen molar-refractivity contribution in [3.05, 3.63) is 0 Å². The van der Waals surface area contributed by atoms with Crippen molar-refractivity contribution in [3.8, 4) is 0 Å². The molecular weight excluding hydrogens is 222 g/mol. The summed E-state index contributed by atoms with van der Waals surface area (Å²) in [6.45, 7) is 3.46. The number of thioether (sulfide) groups is 1. The maximum absolute atomic E-state index is 3.48. The fourth-order valence-corrected chi connectivity index (χ4v) is 1.71. The molecule has 0 aromatic carbocycles. The predicted octanol–water partition coefficient (Wildman–Crippen LogP) is 2.45. The Hall–Kier alpha value is 0.790. The van der Waals surface area contributed by atoms with Gasteiger partial charge in [-0.05, 0) is 38.9 Å². The molecule has 0 rings (SSSR count). The van der Waals surface area contributed by atoms with Crippen molar-refractivity contribution in [2.75, 3.05) is 30.9 Å². The maximum Gasteiger partial charge on any atom is 0.0185 e. The predicted molar refractivity (Wildman–Crippen MR) is 58.9 cm³/mol. The Morgan fingerprint density at radius 3 is 2.64 bits per heavy atom. The van der Waals surface area contributed by atoms with Crippen LogP contribution in [-0.4, -0.2) is 41.9 Å². The Kier molecular flexibility index (Phi) is 7.97. The van der Waals surface area contributed by atoms with Crippen LogP contribution in [-0.2, 0) is 0 Å². The van der Waals surface area contributed by atoms with Crippen molar-refractivity contribution in [1.29, 1.82) is 0 Å². The van der Waals surface area contributed by atoms with Gasteiger partial charge in [-0.25, -0.2) is 0 Å². The van der Waals surface area contributed by atoms with Gasteiger partial charge in [0.25, 0.3) is 0 Å². The van der Waals surface area contributed by atoms with Crippen molar-refractivity contribution < 1.29 is 0 Å². The van der Waals surface area contributed by atoms with Gasteiger partial charge in [0.2, 0.25) is 0 Å². The zero-order chi connectivity index (χ0) is 8.69. The number of hydrogen-bond donors (Lipinski definition) is 0. The molecule has 0 saturated carbocycles. The van der Waals surface area contributed by atoms with E-state index >= 15 is 0 Å². The molecule has 0 N–H and O–H groups in total. The lowest BCUT2D eigenvalue weighted by atomic mass is 10.3. The lowest BCUT2D eigenvalue weighted by Crippen LogP contribution is -2.31. The van der Waals surface area contributed by atoms with E-state index < -0.39 is 0 Å². The van der Waals surface area contributed by atoms with Crippen molar-refractivity contribution in [3.63, 3.8) is 0 Å². The molecule has 0 aliphatic rings. The third-order valence-electron chi connectivity index (χ3n) is 1.84. The highest BCUT2D eigenvalue weighted by atomic mass is 79.9. The third kappa shape index (κ3) is 6.00. The molecule has 0 bridgehead atoms. The second-order valence-electron chi connectivity index (χ2n) is 2.83. The van der Waals surface area contributed by atoms with Gasteiger partial charge in [0.05, 0.1) is 0 Å². The maximum atomic E-state index is 3.48. The summed E-state index contributed by atoms with van der Waals surface area (Å²) in [5.74, 6) is 1.28. The first-order valence-electron chi connectivity index (χ1n) is 3.97. The molecule has 11 heavy (non-hydrogen) atoms. The topological polar surface area (TPSA) is 3.24 Å². The molecule has 0 radical (unpaired) electrons. The van der Waals surface area contributed by atoms with Crippen molar-refractivity contribution in [1.82, 2.24) is 4.90 Å². The second kappa shape index (κ2) is 7.44. The van der Waals surface area contributed by atoms with Gasteiger partial charge < -0.3 is 4.90 Å². The third-order valence-corrected chi connectivity index (χ3v) is 3.47. The van der Waals surface area contributed by atoms with Crippen LogP contribution in [0.15, 0.2) is 0 Å². The van der Waals surface area contributed by atoms with Crippen LogP contribution < -0.4 is 0 Å². The second-order valence-corrected chi connectivity index (χ2v) is 4.46. The highest BCUT2D eigenvalue weighted by Gasteiger charge is 2.05. The number of alkyl halides is 1. The van der Waals surface area contributed by atoms with E-state index in [9.17, 15) is 0 Å². The van der Waals surface area contributed by atoms with Crippen LogP contribution in [0.3, 0.4) is 0 Å². The van der Waals surface area contributed by atoms with E-state index in [0.29, 0.717) is 6.04 Å². The molecule has 0 heterocycles. The van der Waals surface area contributed by atoms with E-state index in [1.165, 1.54) is 18.7 Å². The summed E-state index contributed by atoms with van der Waals surface area (Å²) in [5.41, 5.74) is 0. The molecule has 3 heteroatoms. The molecule has 1 nitrogen and oxygen atoms in total. The van der Waals surface area contributed by atoms with E-state index in [1.54, 1.807) is 0 Å². The summed E-state index contributed by atoms with van der Waals surface area (Å²) in [6, 6.07) is 0.664. The standard InChI is InChI=1S/C8H18BrNS/c1-8(7-9)10(2)5-4-6-11-3/h8H,4-7H2,1-3H3. The molecule has 0 spiro atoms. The van der Waals surface area contributed by atoms with E-state index in [1.807, 2.05) is 11.8 Å². The summed E-state index contributed by atoms with van der Waals surface area (Å²) in [5, 5.41) is 1.07. The normalized spacial score (nSPS) is 13.9. The fourth-order valence-electron chi connectivity index (χ4n) is 0.796. The zero-order valence-corrected chi connectivity index (χ0v) is 10.0. The minimum absolute atomic E-state index is 0.664. The van der Waals surface area contributed by atoms with Crippen molar-refractivity contribution in [2.24, 2.45) is 0 Å². The molecule has 0 saturated heterocycles. The molecule has 68 valence electrons. The summed E-state index contributed by atoms with van der Waals surface area (Å²) in [4.78, 5) is 2.39. The monoisotopic (exact) mass is 239 g/mol. The first kappa shape index (κ1) is 11.8. The Bertz CT molecular complexity index is 90.2. The van der Waals surface area contributed by atoms with E-state index in [0.717, 1.165) is 5.33 Å². The lowest BCUT2D eigenvalue weighted by molar-refractivity contribution is 0.280. The van der Waals surface area contributed by atoms with Crippen molar-refractivity contribution >= 4 is 27.7 Å². The van der Waals surface area contributed by atoms with Gasteiger partial charge in [-0.1, -0.05) is 15.9 Å². The van der Waals surface area contributed by atoms with Gasteiger partial charge in [-0.2, -0.15) is 11.8 Å². The SMILES string of the molecule is CSCCCN(C)C(C)CBr. The molecule has 1 unspecified atom stereocenters. The van der Waals surface area contributed by atoms with Gasteiger partial charge in [-0.3, -0.25) is 0 Å². The van der Waals surface area contributed by atoms with Crippen LogP contribution in [0.5, 0.6) is 0 Å². The van der Waals surface area contributed by atoms with Gasteiger partial charge in [0.1, 0.15) is 0 Å². The summed E-state index contributed by atoms with van der Waals surface area (Å²) >= 11 is 5.40. The Morgan fingerprint density at radius 1 is 1.55 bits per heavy atom. The van der Waals surface area contributed by atoms with Crippen LogP contribution in [0.1, 0.15) is 13.3 Å². The first-order valence-corrected chi connectivity index (χ1v) is 6.49. The average molecular weight is 240 g/mol. The van der Waals surface area contributed by atoms with E-state index in [4.69, 9.17) is 0 Å². The molecule has 1 atom stereocenters. The Morgan fingerprint density at radius 2 is 2.18 bits per heavy atom. The summed E-state index contributed by atoms with van der Waals surface area (Å²) < 4.78 is 0. The van der Waals surface area contributed by atoms with Crippen LogP contribution in [0, 0.1) is 0 Å². The lowest BCUT2D eigenvalue weighted by Gasteiger charge is -2.22. The summed E-state index contributed by atoms with van der Waals surface area (Å²) in [6.07, 6.45) is 3.46. The van der Waals surface area contributed by atoms with Crippen LogP contribution >= 0.6 is 27.7 Å². The van der Waals surface area contributed by atoms with Crippen LogP contribution in [0.25, 0.3) is 0 Å². The number of halogens is 1. The zero-order valence-electron chi connectivity index (χ0n) is 7.64.